The molecule has 0 bridgehead atoms. The van der Waals surface area contributed by atoms with Crippen LogP contribution in [-0.2, 0) is 10.0 Å². The van der Waals surface area contributed by atoms with Gasteiger partial charge in [-0.25, -0.2) is 13.1 Å². The summed E-state index contributed by atoms with van der Waals surface area (Å²) >= 11 is 0. The van der Waals surface area contributed by atoms with E-state index in [-0.39, 0.29) is 22.5 Å². The molecule has 0 radical (unpaired) electrons. The van der Waals surface area contributed by atoms with Gasteiger partial charge >= 0.3 is 0 Å². The predicted molar refractivity (Wildman–Crippen MR) is 79.4 cm³/mol. The van der Waals surface area contributed by atoms with Gasteiger partial charge in [-0.3, -0.25) is 10.1 Å². The maximum absolute atomic E-state index is 12.4. The zero-order chi connectivity index (χ0) is 15.6. The Morgan fingerprint density at radius 2 is 1.81 bits per heavy atom. The van der Waals surface area contributed by atoms with Crippen LogP contribution in [0.4, 0.5) is 5.69 Å². The minimum Gasteiger partial charge on any atom is -0.258 e. The van der Waals surface area contributed by atoms with Gasteiger partial charge in [-0.2, -0.15) is 0 Å². The Hall–Kier alpha value is -1.47. The fourth-order valence-electron chi connectivity index (χ4n) is 2.76. The first-order valence-electron chi connectivity index (χ1n) is 7.08. The zero-order valence-electron chi connectivity index (χ0n) is 12.2. The van der Waals surface area contributed by atoms with E-state index in [0.29, 0.717) is 5.92 Å². The number of rotatable bonds is 4. The Morgan fingerprint density at radius 1 is 1.19 bits per heavy atom. The lowest BCUT2D eigenvalue weighted by atomic mass is 9.78. The monoisotopic (exact) mass is 312 g/mol. The molecule has 3 atom stereocenters. The van der Waals surface area contributed by atoms with Crippen LogP contribution in [-0.4, -0.2) is 19.4 Å². The van der Waals surface area contributed by atoms with E-state index in [1.165, 1.54) is 24.3 Å². The highest BCUT2D eigenvalue weighted by molar-refractivity contribution is 7.89. The van der Waals surface area contributed by atoms with Gasteiger partial charge in [0.05, 0.1) is 9.82 Å². The third-order valence-corrected chi connectivity index (χ3v) is 5.88. The van der Waals surface area contributed by atoms with Gasteiger partial charge in [-0.05, 0) is 30.4 Å². The highest BCUT2D eigenvalue weighted by atomic mass is 32.2. The van der Waals surface area contributed by atoms with Crippen LogP contribution in [0.25, 0.3) is 0 Å². The molecule has 116 valence electrons. The Morgan fingerprint density at radius 3 is 2.38 bits per heavy atom. The van der Waals surface area contributed by atoms with E-state index in [1.807, 2.05) is 0 Å². The van der Waals surface area contributed by atoms with E-state index in [1.54, 1.807) is 0 Å². The van der Waals surface area contributed by atoms with E-state index in [9.17, 15) is 18.5 Å². The summed E-state index contributed by atoms with van der Waals surface area (Å²) in [6.07, 6.45) is 2.97. The highest BCUT2D eigenvalue weighted by Crippen LogP contribution is 2.30. The average Bonchev–Trinajstić information content (AvgIpc) is 2.44. The summed E-state index contributed by atoms with van der Waals surface area (Å²) in [7, 11) is -3.63. The van der Waals surface area contributed by atoms with Crippen molar-refractivity contribution in [3.63, 3.8) is 0 Å². The number of non-ortho nitro benzene ring substituents is 1. The molecule has 1 aliphatic rings. The molecule has 0 aliphatic heterocycles. The lowest BCUT2D eigenvalue weighted by Crippen LogP contribution is -2.43. The molecule has 1 saturated carbocycles. The molecule has 2 rings (SSSR count). The Bertz CT molecular complexity index is 612. The number of nitro groups is 1. The first-order chi connectivity index (χ1) is 9.81. The molecule has 1 N–H and O–H groups in total. The molecule has 0 spiro atoms. The number of hydrogen-bond acceptors (Lipinski definition) is 4. The van der Waals surface area contributed by atoms with E-state index in [0.717, 1.165) is 19.3 Å². The quantitative estimate of drug-likeness (QED) is 0.683. The van der Waals surface area contributed by atoms with Crippen molar-refractivity contribution in [2.24, 2.45) is 11.8 Å². The minimum absolute atomic E-state index is 0.0681. The van der Waals surface area contributed by atoms with Crippen LogP contribution in [0.3, 0.4) is 0 Å². The normalized spacial score (nSPS) is 26.5. The molecular formula is C14H20N2O4S. The molecule has 1 fully saturated rings. The molecule has 0 amide bonds. The van der Waals surface area contributed by atoms with Gasteiger partial charge in [0.1, 0.15) is 0 Å². The molecule has 7 heteroatoms. The Kier molecular flexibility index (Phi) is 4.63. The maximum atomic E-state index is 12.4. The molecule has 0 aromatic heterocycles. The highest BCUT2D eigenvalue weighted by Gasteiger charge is 2.30. The fourth-order valence-corrected chi connectivity index (χ4v) is 4.12. The van der Waals surface area contributed by atoms with Crippen LogP contribution in [0.5, 0.6) is 0 Å². The van der Waals surface area contributed by atoms with Crippen molar-refractivity contribution in [1.29, 1.82) is 0 Å². The molecule has 0 saturated heterocycles. The summed E-state index contributed by atoms with van der Waals surface area (Å²) in [4.78, 5) is 10.1. The van der Waals surface area contributed by atoms with Gasteiger partial charge in [0.2, 0.25) is 10.0 Å². The molecule has 6 nitrogen and oxygen atoms in total. The van der Waals surface area contributed by atoms with Crippen LogP contribution < -0.4 is 4.72 Å². The van der Waals surface area contributed by atoms with Crippen molar-refractivity contribution in [3.05, 3.63) is 34.4 Å². The van der Waals surface area contributed by atoms with Crippen molar-refractivity contribution >= 4 is 15.7 Å². The Balaban J connectivity index is 2.16. The van der Waals surface area contributed by atoms with Gasteiger partial charge in [0.25, 0.3) is 5.69 Å². The lowest BCUT2D eigenvalue weighted by molar-refractivity contribution is -0.384. The molecule has 1 aliphatic carbocycles. The van der Waals surface area contributed by atoms with Gasteiger partial charge < -0.3 is 0 Å². The zero-order valence-corrected chi connectivity index (χ0v) is 13.0. The second-order valence-corrected chi connectivity index (χ2v) is 7.46. The summed E-state index contributed by atoms with van der Waals surface area (Å²) in [5.74, 6) is 0.773. The van der Waals surface area contributed by atoms with E-state index in [4.69, 9.17) is 0 Å². The number of nitro benzene ring substituents is 1. The van der Waals surface area contributed by atoms with Crippen molar-refractivity contribution < 1.29 is 13.3 Å². The average molecular weight is 312 g/mol. The van der Waals surface area contributed by atoms with Gasteiger partial charge in [0.15, 0.2) is 0 Å². The first-order valence-corrected chi connectivity index (χ1v) is 8.56. The van der Waals surface area contributed by atoms with E-state index in [2.05, 4.69) is 18.6 Å². The van der Waals surface area contributed by atoms with Crippen molar-refractivity contribution in [2.45, 2.75) is 44.0 Å². The summed E-state index contributed by atoms with van der Waals surface area (Å²) in [5, 5.41) is 10.6. The molecule has 1 aromatic rings. The Labute approximate surface area is 124 Å². The van der Waals surface area contributed by atoms with Crippen LogP contribution >= 0.6 is 0 Å². The van der Waals surface area contributed by atoms with Gasteiger partial charge in [0, 0.05) is 18.2 Å². The predicted octanol–water partition coefficient (Wildman–Crippen LogP) is 2.70. The number of nitrogens with zero attached hydrogens (tertiary/aromatic N) is 1. The van der Waals surface area contributed by atoms with E-state index >= 15 is 0 Å². The molecule has 1 aromatic carbocycles. The molecular weight excluding hydrogens is 292 g/mol. The smallest absolute Gasteiger partial charge is 0.258 e. The van der Waals surface area contributed by atoms with Gasteiger partial charge in [-0.1, -0.05) is 26.7 Å². The second-order valence-electron chi connectivity index (χ2n) is 5.75. The summed E-state index contributed by atoms with van der Waals surface area (Å²) < 4.78 is 27.4. The van der Waals surface area contributed by atoms with Crippen molar-refractivity contribution in [1.82, 2.24) is 4.72 Å². The summed E-state index contributed by atoms with van der Waals surface area (Å²) in [5.41, 5.74) is -0.117. The van der Waals surface area contributed by atoms with E-state index < -0.39 is 14.9 Å². The number of sulfonamides is 1. The molecule has 0 heterocycles. The SMILES string of the molecule is C[C@@H]1[C@@H](C)CCC[C@H]1NS(=O)(=O)c1ccc([N+](=O)[O-])cc1. The largest absolute Gasteiger partial charge is 0.269 e. The van der Waals surface area contributed by atoms with Crippen molar-refractivity contribution in [3.8, 4) is 0 Å². The first kappa shape index (κ1) is 15.9. The van der Waals surface area contributed by atoms with Gasteiger partial charge in [-0.15, -0.1) is 0 Å². The summed E-state index contributed by atoms with van der Waals surface area (Å²) in [6, 6.07) is 4.89. The third-order valence-electron chi connectivity index (χ3n) is 4.37. The van der Waals surface area contributed by atoms with Crippen LogP contribution in [0, 0.1) is 22.0 Å². The maximum Gasteiger partial charge on any atom is 0.269 e. The second kappa shape index (κ2) is 6.11. The number of hydrogen-bond donors (Lipinski definition) is 1. The number of benzene rings is 1. The molecule has 21 heavy (non-hydrogen) atoms. The van der Waals surface area contributed by atoms with Crippen LogP contribution in [0.2, 0.25) is 0 Å². The summed E-state index contributed by atoms with van der Waals surface area (Å²) in [6.45, 7) is 4.20. The number of nitrogens with one attached hydrogen (secondary N) is 1. The van der Waals surface area contributed by atoms with Crippen LogP contribution in [0.1, 0.15) is 33.1 Å². The van der Waals surface area contributed by atoms with Crippen molar-refractivity contribution in [2.75, 3.05) is 0 Å². The third kappa shape index (κ3) is 3.59. The lowest BCUT2D eigenvalue weighted by Gasteiger charge is -2.34. The minimum atomic E-state index is -3.63. The molecule has 0 unspecified atom stereocenters. The topological polar surface area (TPSA) is 89.3 Å². The standard InChI is InChI=1S/C14H20N2O4S/c1-10-4-3-5-14(11(10)2)15-21(19,20)13-8-6-12(7-9-13)16(17)18/h6-11,14-15H,3-5H2,1-2H3/t10-,11+,14+/m0/s1. The fraction of sp³-hybridized carbons (Fsp3) is 0.571. The van der Waals surface area contributed by atoms with Crippen LogP contribution in [0.15, 0.2) is 29.2 Å².